The third kappa shape index (κ3) is 4.48. The number of carbonyl (C=O) groups excluding carboxylic acids is 1. The number of ether oxygens (including phenoxy) is 1. The van der Waals surface area contributed by atoms with Gasteiger partial charge in [-0.1, -0.05) is 28.1 Å². The second-order valence-corrected chi connectivity index (χ2v) is 8.38. The molecule has 2 aromatic carbocycles. The van der Waals surface area contributed by atoms with E-state index in [2.05, 4.69) is 31.0 Å². The lowest BCUT2D eigenvalue weighted by atomic mass is 10.2. The standard InChI is InChI=1S/C18H18BrN3O4S/c1-26-15-7-6-13(19)10-12(15)11-21-17(23)8-9-20-18-14-4-2-3-5-16(14)27(24,25)22-18/h2-7,10H,8-9,11H2,1H3,(H,20,22)(H,21,23). The highest BCUT2D eigenvalue weighted by Gasteiger charge is 2.29. The molecular weight excluding hydrogens is 434 g/mol. The minimum Gasteiger partial charge on any atom is -0.496 e. The molecule has 0 bridgehead atoms. The predicted octanol–water partition coefficient (Wildman–Crippen LogP) is 2.20. The van der Waals surface area contributed by atoms with Crippen LogP contribution in [0, 0.1) is 0 Å². The summed E-state index contributed by atoms with van der Waals surface area (Å²) in [6.07, 6.45) is 0.143. The number of nitrogens with one attached hydrogen (secondary N) is 2. The topological polar surface area (TPSA) is 96.9 Å². The summed E-state index contributed by atoms with van der Waals surface area (Å²) in [7, 11) is -1.99. The number of rotatable bonds is 6. The van der Waals surface area contributed by atoms with Gasteiger partial charge in [-0.25, -0.2) is 8.42 Å². The average Bonchev–Trinajstić information content (AvgIpc) is 2.91. The van der Waals surface area contributed by atoms with E-state index in [4.69, 9.17) is 4.74 Å². The van der Waals surface area contributed by atoms with Gasteiger partial charge in [-0.15, -0.1) is 0 Å². The van der Waals surface area contributed by atoms with Crippen molar-refractivity contribution in [3.63, 3.8) is 0 Å². The van der Waals surface area contributed by atoms with E-state index in [1.54, 1.807) is 25.3 Å². The largest absolute Gasteiger partial charge is 0.496 e. The SMILES string of the molecule is COc1ccc(Br)cc1CNC(=O)CCN=C1NS(=O)(=O)c2ccccc21. The van der Waals surface area contributed by atoms with Crippen LogP contribution in [-0.2, 0) is 21.4 Å². The molecule has 1 heterocycles. The molecule has 0 spiro atoms. The number of hydrogen-bond donors (Lipinski definition) is 2. The molecule has 3 rings (SSSR count). The number of sulfonamides is 1. The highest BCUT2D eigenvalue weighted by molar-refractivity contribution is 9.10. The molecule has 1 amide bonds. The lowest BCUT2D eigenvalue weighted by Crippen LogP contribution is -2.25. The van der Waals surface area contributed by atoms with E-state index in [-0.39, 0.29) is 29.6 Å². The van der Waals surface area contributed by atoms with Crippen molar-refractivity contribution < 1.29 is 17.9 Å². The maximum absolute atomic E-state index is 12.1. The first-order valence-electron chi connectivity index (χ1n) is 8.16. The van der Waals surface area contributed by atoms with Gasteiger partial charge in [0.25, 0.3) is 10.0 Å². The van der Waals surface area contributed by atoms with Crippen LogP contribution in [0.5, 0.6) is 5.75 Å². The van der Waals surface area contributed by atoms with Crippen molar-refractivity contribution in [1.82, 2.24) is 10.0 Å². The molecule has 7 nitrogen and oxygen atoms in total. The lowest BCUT2D eigenvalue weighted by molar-refractivity contribution is -0.121. The zero-order valence-corrected chi connectivity index (χ0v) is 16.9. The normalized spacial score (nSPS) is 15.9. The summed E-state index contributed by atoms with van der Waals surface area (Å²) in [5.41, 5.74) is 1.38. The second-order valence-electron chi connectivity index (χ2n) is 5.81. The Morgan fingerprint density at radius 1 is 1.26 bits per heavy atom. The van der Waals surface area contributed by atoms with E-state index in [9.17, 15) is 13.2 Å². The zero-order valence-electron chi connectivity index (χ0n) is 14.5. The fourth-order valence-corrected chi connectivity index (χ4v) is 4.35. The summed E-state index contributed by atoms with van der Waals surface area (Å²) in [6.45, 7) is 0.501. The van der Waals surface area contributed by atoms with Crippen LogP contribution in [0.15, 0.2) is 56.8 Å². The van der Waals surface area contributed by atoms with Crippen LogP contribution in [0.2, 0.25) is 0 Å². The number of amides is 1. The second kappa shape index (κ2) is 8.10. The van der Waals surface area contributed by atoms with Crippen LogP contribution in [0.4, 0.5) is 0 Å². The number of methoxy groups -OCH3 is 1. The van der Waals surface area contributed by atoms with Gasteiger partial charge in [0.15, 0.2) is 0 Å². The summed E-state index contributed by atoms with van der Waals surface area (Å²) in [6, 6.07) is 12.2. The van der Waals surface area contributed by atoms with Crippen molar-refractivity contribution >= 4 is 37.7 Å². The molecule has 0 aromatic heterocycles. The minimum absolute atomic E-state index is 0.143. The van der Waals surface area contributed by atoms with Gasteiger partial charge >= 0.3 is 0 Å². The zero-order chi connectivity index (χ0) is 19.4. The number of halogens is 1. The first kappa shape index (κ1) is 19.4. The highest BCUT2D eigenvalue weighted by Crippen LogP contribution is 2.23. The van der Waals surface area contributed by atoms with Gasteiger partial charge in [0.1, 0.15) is 11.6 Å². The summed E-state index contributed by atoms with van der Waals surface area (Å²) >= 11 is 3.39. The number of benzene rings is 2. The summed E-state index contributed by atoms with van der Waals surface area (Å²) in [5, 5.41) is 2.81. The Hall–Kier alpha value is -2.39. The third-order valence-electron chi connectivity index (χ3n) is 3.99. The fraction of sp³-hybridized carbons (Fsp3) is 0.222. The Morgan fingerprint density at radius 3 is 2.81 bits per heavy atom. The first-order chi connectivity index (χ1) is 12.9. The molecule has 0 atom stereocenters. The summed E-state index contributed by atoms with van der Waals surface area (Å²) in [4.78, 5) is 16.5. The third-order valence-corrected chi connectivity index (χ3v) is 5.88. The van der Waals surface area contributed by atoms with Crippen LogP contribution in [0.1, 0.15) is 17.5 Å². The number of amidine groups is 1. The molecule has 1 aliphatic rings. The fourth-order valence-electron chi connectivity index (χ4n) is 2.69. The van der Waals surface area contributed by atoms with Gasteiger partial charge < -0.3 is 10.1 Å². The summed E-state index contributed by atoms with van der Waals surface area (Å²) < 4.78 is 32.6. The van der Waals surface area contributed by atoms with Crippen molar-refractivity contribution in [3.8, 4) is 5.75 Å². The molecule has 27 heavy (non-hydrogen) atoms. The smallest absolute Gasteiger partial charge is 0.263 e. The van der Waals surface area contributed by atoms with E-state index < -0.39 is 10.0 Å². The molecule has 0 radical (unpaired) electrons. The van der Waals surface area contributed by atoms with Gasteiger partial charge in [0.2, 0.25) is 5.91 Å². The molecule has 142 valence electrons. The van der Waals surface area contributed by atoms with E-state index in [1.807, 2.05) is 18.2 Å². The molecule has 0 saturated heterocycles. The maximum atomic E-state index is 12.1. The van der Waals surface area contributed by atoms with E-state index >= 15 is 0 Å². The molecule has 0 aliphatic carbocycles. The Bertz CT molecular complexity index is 1010. The van der Waals surface area contributed by atoms with Crippen LogP contribution >= 0.6 is 15.9 Å². The molecule has 9 heteroatoms. The van der Waals surface area contributed by atoms with Gasteiger partial charge in [-0.3, -0.25) is 14.5 Å². The summed E-state index contributed by atoms with van der Waals surface area (Å²) in [5.74, 6) is 0.776. The van der Waals surface area contributed by atoms with Gasteiger partial charge in [-0.05, 0) is 30.3 Å². The van der Waals surface area contributed by atoms with Crippen molar-refractivity contribution in [3.05, 3.63) is 58.1 Å². The van der Waals surface area contributed by atoms with Crippen molar-refractivity contribution in [2.75, 3.05) is 13.7 Å². The van der Waals surface area contributed by atoms with Crippen molar-refractivity contribution in [1.29, 1.82) is 0 Å². The molecule has 2 N–H and O–H groups in total. The van der Waals surface area contributed by atoms with Crippen LogP contribution in [0.3, 0.4) is 0 Å². The van der Waals surface area contributed by atoms with E-state index in [0.717, 1.165) is 10.0 Å². The lowest BCUT2D eigenvalue weighted by Gasteiger charge is -2.10. The van der Waals surface area contributed by atoms with Gasteiger partial charge in [0, 0.05) is 28.6 Å². The molecule has 2 aromatic rings. The average molecular weight is 452 g/mol. The van der Waals surface area contributed by atoms with Crippen LogP contribution in [-0.4, -0.2) is 33.8 Å². The Morgan fingerprint density at radius 2 is 2.04 bits per heavy atom. The molecule has 0 saturated carbocycles. The number of fused-ring (bicyclic) bond motifs is 1. The van der Waals surface area contributed by atoms with Crippen LogP contribution in [0.25, 0.3) is 0 Å². The monoisotopic (exact) mass is 451 g/mol. The van der Waals surface area contributed by atoms with Gasteiger partial charge in [-0.2, -0.15) is 0 Å². The Labute approximate surface area is 166 Å². The molecule has 1 aliphatic heterocycles. The van der Waals surface area contributed by atoms with Crippen LogP contribution < -0.4 is 14.8 Å². The van der Waals surface area contributed by atoms with E-state index in [0.29, 0.717) is 17.9 Å². The highest BCUT2D eigenvalue weighted by atomic mass is 79.9. The Kier molecular flexibility index (Phi) is 5.81. The van der Waals surface area contributed by atoms with Crippen molar-refractivity contribution in [2.45, 2.75) is 17.9 Å². The van der Waals surface area contributed by atoms with Crippen molar-refractivity contribution in [2.24, 2.45) is 4.99 Å². The number of carbonyl (C=O) groups is 1. The molecule has 0 fully saturated rings. The molecular formula is C18H18BrN3O4S. The Balaban J connectivity index is 1.58. The maximum Gasteiger partial charge on any atom is 0.263 e. The number of hydrogen-bond acceptors (Lipinski definition) is 5. The van der Waals surface area contributed by atoms with Gasteiger partial charge in [0.05, 0.1) is 18.6 Å². The predicted molar refractivity (Wildman–Crippen MR) is 105 cm³/mol. The molecule has 0 unspecified atom stereocenters. The number of nitrogens with zero attached hydrogens (tertiary/aromatic N) is 1. The van der Waals surface area contributed by atoms with E-state index in [1.165, 1.54) is 6.07 Å². The number of aliphatic imine (C=N–C) groups is 1. The first-order valence-corrected chi connectivity index (χ1v) is 10.4. The minimum atomic E-state index is -3.56. The quantitative estimate of drug-likeness (QED) is 0.703.